The lowest BCUT2D eigenvalue weighted by Gasteiger charge is -2.20. The number of alkyl halides is 3. The highest BCUT2D eigenvalue weighted by Crippen LogP contribution is 2.30. The predicted octanol–water partition coefficient (Wildman–Crippen LogP) is 2.86. The summed E-state index contributed by atoms with van der Waals surface area (Å²) in [5, 5.41) is 12.0. The maximum atomic E-state index is 12.3. The summed E-state index contributed by atoms with van der Waals surface area (Å²) in [5.41, 5.74) is 0.435. The Hall–Kier alpha value is -1.27. The fraction of sp³-hybridized carbons (Fsp3) is 0.538. The Balaban J connectivity index is 2.76. The number of aliphatic hydroxyl groups is 1. The molecule has 0 spiro atoms. The van der Waals surface area contributed by atoms with Crippen LogP contribution in [0.3, 0.4) is 0 Å². The monoisotopic (exact) mass is 277 g/mol. The van der Waals surface area contributed by atoms with Gasteiger partial charge in [0, 0.05) is 24.8 Å². The molecule has 19 heavy (non-hydrogen) atoms. The Bertz CT molecular complexity index is 396. The minimum absolute atomic E-state index is 0.0282. The van der Waals surface area contributed by atoms with Gasteiger partial charge >= 0.3 is 6.36 Å². The average Bonchev–Trinajstić information content (AvgIpc) is 2.34. The molecule has 0 heterocycles. The van der Waals surface area contributed by atoms with Crippen molar-refractivity contribution in [1.82, 2.24) is 5.32 Å². The normalized spacial score (nSPS) is 15.1. The largest absolute Gasteiger partial charge is 0.573 e. The van der Waals surface area contributed by atoms with Gasteiger partial charge in [-0.05, 0) is 18.9 Å². The van der Waals surface area contributed by atoms with Crippen LogP contribution in [0.4, 0.5) is 13.2 Å². The van der Waals surface area contributed by atoms with Crippen LogP contribution >= 0.6 is 0 Å². The first kappa shape index (κ1) is 15.8. The number of hydrogen-bond donors (Lipinski definition) is 2. The molecule has 1 aromatic rings. The molecule has 2 atom stereocenters. The predicted molar refractivity (Wildman–Crippen MR) is 65.8 cm³/mol. The number of halogens is 3. The smallest absolute Gasteiger partial charge is 0.405 e. The van der Waals surface area contributed by atoms with E-state index in [2.05, 4.69) is 10.1 Å². The van der Waals surface area contributed by atoms with Gasteiger partial charge in [-0.1, -0.05) is 25.1 Å². The van der Waals surface area contributed by atoms with Gasteiger partial charge in [-0.2, -0.15) is 0 Å². The van der Waals surface area contributed by atoms with Gasteiger partial charge in [0.25, 0.3) is 0 Å². The Morgan fingerprint density at radius 1 is 1.26 bits per heavy atom. The summed E-state index contributed by atoms with van der Waals surface area (Å²) in [4.78, 5) is 0. The van der Waals surface area contributed by atoms with Gasteiger partial charge < -0.3 is 15.2 Å². The number of ether oxygens (including phenoxy) is 1. The van der Waals surface area contributed by atoms with Crippen molar-refractivity contribution in [2.24, 2.45) is 5.92 Å². The van der Waals surface area contributed by atoms with Crippen molar-refractivity contribution in [3.05, 3.63) is 29.8 Å². The van der Waals surface area contributed by atoms with Crippen LogP contribution in [0.2, 0.25) is 0 Å². The SMILES string of the molecule is CC(CO)CNC(C)c1ccccc1OC(F)(F)F. The number of hydrogen-bond acceptors (Lipinski definition) is 3. The molecule has 0 fully saturated rings. The molecule has 108 valence electrons. The van der Waals surface area contributed by atoms with Crippen molar-refractivity contribution in [3.63, 3.8) is 0 Å². The summed E-state index contributed by atoms with van der Waals surface area (Å²) in [5.74, 6) is -0.162. The van der Waals surface area contributed by atoms with Crippen LogP contribution in [0.15, 0.2) is 24.3 Å². The molecule has 2 N–H and O–H groups in total. The lowest BCUT2D eigenvalue weighted by atomic mass is 10.1. The maximum Gasteiger partial charge on any atom is 0.573 e. The van der Waals surface area contributed by atoms with Crippen LogP contribution in [-0.4, -0.2) is 24.6 Å². The Labute approximate surface area is 110 Å². The molecule has 0 aliphatic rings. The van der Waals surface area contributed by atoms with Crippen LogP contribution in [0.1, 0.15) is 25.5 Å². The third-order valence-corrected chi connectivity index (χ3v) is 2.70. The van der Waals surface area contributed by atoms with E-state index >= 15 is 0 Å². The van der Waals surface area contributed by atoms with E-state index < -0.39 is 6.36 Å². The van der Waals surface area contributed by atoms with Crippen LogP contribution < -0.4 is 10.1 Å². The second-order valence-corrected chi connectivity index (χ2v) is 4.50. The van der Waals surface area contributed by atoms with Crippen molar-refractivity contribution < 1.29 is 23.0 Å². The standard InChI is InChI=1S/C13H18F3NO2/c1-9(8-18)7-17-10(2)11-5-3-4-6-12(11)19-13(14,15)16/h3-6,9-10,17-18H,7-8H2,1-2H3. The van der Waals surface area contributed by atoms with E-state index in [1.54, 1.807) is 19.1 Å². The molecular formula is C13H18F3NO2. The molecule has 0 saturated heterocycles. The molecule has 0 aliphatic heterocycles. The summed E-state index contributed by atoms with van der Waals surface area (Å²) in [6.07, 6.45) is -4.70. The Kier molecular flexibility index (Phi) is 5.62. The van der Waals surface area contributed by atoms with Gasteiger partial charge in [0.15, 0.2) is 0 Å². The molecular weight excluding hydrogens is 259 g/mol. The highest BCUT2D eigenvalue weighted by molar-refractivity contribution is 5.35. The highest BCUT2D eigenvalue weighted by atomic mass is 19.4. The van der Waals surface area contributed by atoms with Crippen molar-refractivity contribution >= 4 is 0 Å². The second-order valence-electron chi connectivity index (χ2n) is 4.50. The molecule has 0 aromatic heterocycles. The molecule has 0 radical (unpaired) electrons. The third-order valence-electron chi connectivity index (χ3n) is 2.70. The van der Waals surface area contributed by atoms with Crippen LogP contribution in [0.25, 0.3) is 0 Å². The van der Waals surface area contributed by atoms with Gasteiger partial charge in [-0.15, -0.1) is 13.2 Å². The zero-order valence-corrected chi connectivity index (χ0v) is 10.9. The van der Waals surface area contributed by atoms with E-state index in [1.807, 2.05) is 6.92 Å². The molecule has 0 amide bonds. The number of rotatable bonds is 6. The van der Waals surface area contributed by atoms with E-state index in [-0.39, 0.29) is 24.3 Å². The lowest BCUT2D eigenvalue weighted by Crippen LogP contribution is -2.27. The van der Waals surface area contributed by atoms with Crippen molar-refractivity contribution in [3.8, 4) is 5.75 Å². The van der Waals surface area contributed by atoms with Gasteiger partial charge in [0.2, 0.25) is 0 Å². The summed E-state index contributed by atoms with van der Waals surface area (Å²) in [6, 6.07) is 5.73. The maximum absolute atomic E-state index is 12.3. The molecule has 6 heteroatoms. The number of nitrogens with one attached hydrogen (secondary N) is 1. The first-order chi connectivity index (χ1) is 8.83. The number of para-hydroxylation sites is 1. The van der Waals surface area contributed by atoms with Gasteiger partial charge in [-0.25, -0.2) is 0 Å². The molecule has 1 aromatic carbocycles. The summed E-state index contributed by atoms with van der Waals surface area (Å²) in [7, 11) is 0. The molecule has 0 bridgehead atoms. The molecule has 2 unspecified atom stereocenters. The summed E-state index contributed by atoms with van der Waals surface area (Å²) >= 11 is 0. The fourth-order valence-electron chi connectivity index (χ4n) is 1.61. The Morgan fingerprint density at radius 3 is 2.47 bits per heavy atom. The number of benzene rings is 1. The van der Waals surface area contributed by atoms with Crippen molar-refractivity contribution in [2.75, 3.05) is 13.2 Å². The van der Waals surface area contributed by atoms with E-state index in [1.165, 1.54) is 12.1 Å². The van der Waals surface area contributed by atoms with Gasteiger partial charge in [-0.3, -0.25) is 0 Å². The lowest BCUT2D eigenvalue weighted by molar-refractivity contribution is -0.275. The first-order valence-electron chi connectivity index (χ1n) is 6.02. The topological polar surface area (TPSA) is 41.5 Å². The van der Waals surface area contributed by atoms with E-state index in [9.17, 15) is 13.2 Å². The average molecular weight is 277 g/mol. The summed E-state index contributed by atoms with van der Waals surface area (Å²) < 4.78 is 40.8. The first-order valence-corrected chi connectivity index (χ1v) is 6.02. The van der Waals surface area contributed by atoms with Crippen LogP contribution in [0, 0.1) is 5.92 Å². The third kappa shape index (κ3) is 5.48. The van der Waals surface area contributed by atoms with Crippen molar-refractivity contribution in [2.45, 2.75) is 26.3 Å². The van der Waals surface area contributed by atoms with Crippen molar-refractivity contribution in [1.29, 1.82) is 0 Å². The zero-order chi connectivity index (χ0) is 14.5. The van der Waals surface area contributed by atoms with Gasteiger partial charge in [0.1, 0.15) is 5.75 Å². The van der Waals surface area contributed by atoms with E-state index in [0.717, 1.165) is 0 Å². The molecule has 0 saturated carbocycles. The van der Waals surface area contributed by atoms with Crippen LogP contribution in [-0.2, 0) is 0 Å². The minimum atomic E-state index is -4.70. The van der Waals surface area contributed by atoms with Crippen LogP contribution in [0.5, 0.6) is 5.75 Å². The quantitative estimate of drug-likeness (QED) is 0.840. The molecule has 1 rings (SSSR count). The Morgan fingerprint density at radius 2 is 1.89 bits per heavy atom. The zero-order valence-electron chi connectivity index (χ0n) is 10.9. The van der Waals surface area contributed by atoms with Gasteiger partial charge in [0.05, 0.1) is 0 Å². The number of aliphatic hydroxyl groups excluding tert-OH is 1. The minimum Gasteiger partial charge on any atom is -0.405 e. The summed E-state index contributed by atoms with van der Waals surface area (Å²) in [6.45, 7) is 4.14. The molecule has 0 aliphatic carbocycles. The highest BCUT2D eigenvalue weighted by Gasteiger charge is 2.32. The fourth-order valence-corrected chi connectivity index (χ4v) is 1.61. The van der Waals surface area contributed by atoms with E-state index in [4.69, 9.17) is 5.11 Å². The van der Waals surface area contributed by atoms with E-state index in [0.29, 0.717) is 12.1 Å². The molecule has 3 nitrogen and oxygen atoms in total. The second kappa shape index (κ2) is 6.77.